The highest BCUT2D eigenvalue weighted by atomic mass is 16.5. The van der Waals surface area contributed by atoms with Crippen LogP contribution in [-0.2, 0) is 25.5 Å². The van der Waals surface area contributed by atoms with Gasteiger partial charge in [-0.1, -0.05) is 72.8 Å². The van der Waals surface area contributed by atoms with Gasteiger partial charge in [0.2, 0.25) is 0 Å². The fraction of sp³-hybridized carbons (Fsp3) is 0.238. The highest BCUT2D eigenvalue weighted by molar-refractivity contribution is 5.95. The summed E-state index contributed by atoms with van der Waals surface area (Å²) < 4.78 is 9.66. The molecule has 0 unspecified atom stereocenters. The lowest BCUT2D eigenvalue weighted by Crippen LogP contribution is -2.33. The standard InChI is InChI=1S/C21H22O4/c1-24-20(22)19(21(23)25-2)18(15-17-11-7-4-8-12-17)14-13-16-9-5-3-6-10-16/h3-14,18-19H,15H2,1-2H3/b14-13+/t18-/m0/s1. The molecule has 4 heteroatoms. The lowest BCUT2D eigenvalue weighted by atomic mass is 9.86. The van der Waals surface area contributed by atoms with Crippen LogP contribution in [0.5, 0.6) is 0 Å². The van der Waals surface area contributed by atoms with Gasteiger partial charge >= 0.3 is 11.9 Å². The minimum Gasteiger partial charge on any atom is -0.468 e. The number of methoxy groups -OCH3 is 2. The molecule has 0 N–H and O–H groups in total. The molecule has 0 aliphatic heterocycles. The van der Waals surface area contributed by atoms with E-state index < -0.39 is 17.9 Å². The Hall–Kier alpha value is -2.88. The number of carbonyl (C=O) groups is 2. The van der Waals surface area contributed by atoms with Gasteiger partial charge in [0.1, 0.15) is 0 Å². The van der Waals surface area contributed by atoms with E-state index in [1.54, 1.807) is 0 Å². The predicted molar refractivity (Wildman–Crippen MR) is 96.6 cm³/mol. The summed E-state index contributed by atoms with van der Waals surface area (Å²) in [4.78, 5) is 24.4. The number of allylic oxidation sites excluding steroid dienone is 1. The zero-order valence-electron chi connectivity index (χ0n) is 14.4. The number of hydrogen-bond acceptors (Lipinski definition) is 4. The fourth-order valence-corrected chi connectivity index (χ4v) is 2.68. The minimum atomic E-state index is -1.00. The van der Waals surface area contributed by atoms with Crippen LogP contribution in [0.1, 0.15) is 11.1 Å². The molecule has 2 aromatic carbocycles. The maximum absolute atomic E-state index is 12.2. The van der Waals surface area contributed by atoms with Crippen molar-refractivity contribution >= 4 is 18.0 Å². The fourth-order valence-electron chi connectivity index (χ4n) is 2.68. The summed E-state index contributed by atoms with van der Waals surface area (Å²) in [6.07, 6.45) is 4.31. The second-order valence-electron chi connectivity index (χ2n) is 5.65. The van der Waals surface area contributed by atoms with E-state index in [9.17, 15) is 9.59 Å². The molecule has 4 nitrogen and oxygen atoms in total. The number of esters is 2. The van der Waals surface area contributed by atoms with E-state index in [1.165, 1.54) is 14.2 Å². The van der Waals surface area contributed by atoms with Gasteiger partial charge in [0.05, 0.1) is 14.2 Å². The van der Waals surface area contributed by atoms with Crippen LogP contribution in [0.25, 0.3) is 6.08 Å². The van der Waals surface area contributed by atoms with Crippen LogP contribution >= 0.6 is 0 Å². The van der Waals surface area contributed by atoms with Crippen molar-refractivity contribution in [3.63, 3.8) is 0 Å². The largest absolute Gasteiger partial charge is 0.468 e. The molecule has 2 aromatic rings. The number of carbonyl (C=O) groups excluding carboxylic acids is 2. The van der Waals surface area contributed by atoms with E-state index >= 15 is 0 Å². The van der Waals surface area contributed by atoms with Crippen molar-refractivity contribution < 1.29 is 19.1 Å². The molecule has 0 heterocycles. The number of ether oxygens (including phenoxy) is 2. The predicted octanol–water partition coefficient (Wildman–Crippen LogP) is 3.52. The summed E-state index contributed by atoms with van der Waals surface area (Å²) in [5, 5.41) is 0. The van der Waals surface area contributed by atoms with Crippen LogP contribution in [0.4, 0.5) is 0 Å². The smallest absolute Gasteiger partial charge is 0.320 e. The summed E-state index contributed by atoms with van der Waals surface area (Å²) in [6.45, 7) is 0. The molecule has 0 saturated carbocycles. The van der Waals surface area contributed by atoms with Gasteiger partial charge in [0, 0.05) is 5.92 Å². The van der Waals surface area contributed by atoms with Crippen LogP contribution in [0, 0.1) is 11.8 Å². The SMILES string of the molecule is COC(=O)C(C(=O)OC)[C@@H](/C=C/c1ccccc1)Cc1ccccc1. The average molecular weight is 338 g/mol. The molecule has 25 heavy (non-hydrogen) atoms. The number of hydrogen-bond donors (Lipinski definition) is 0. The molecule has 0 aromatic heterocycles. The van der Waals surface area contributed by atoms with Crippen LogP contribution < -0.4 is 0 Å². The van der Waals surface area contributed by atoms with Gasteiger partial charge < -0.3 is 9.47 Å². The minimum absolute atomic E-state index is 0.373. The molecule has 0 spiro atoms. The summed E-state index contributed by atoms with van der Waals surface area (Å²) in [6, 6.07) is 19.4. The second-order valence-corrected chi connectivity index (χ2v) is 5.65. The molecule has 130 valence electrons. The van der Waals surface area contributed by atoms with E-state index in [0.29, 0.717) is 6.42 Å². The average Bonchev–Trinajstić information content (AvgIpc) is 2.67. The van der Waals surface area contributed by atoms with Gasteiger partial charge in [-0.25, -0.2) is 0 Å². The summed E-state index contributed by atoms with van der Waals surface area (Å²) in [5.74, 6) is -2.56. The third-order valence-corrected chi connectivity index (χ3v) is 3.99. The van der Waals surface area contributed by atoms with Gasteiger partial charge in [0.25, 0.3) is 0 Å². The highest BCUT2D eigenvalue weighted by Crippen LogP contribution is 2.23. The third kappa shape index (κ3) is 5.31. The van der Waals surface area contributed by atoms with Crippen molar-refractivity contribution in [3.05, 3.63) is 77.9 Å². The van der Waals surface area contributed by atoms with Crippen molar-refractivity contribution in [2.24, 2.45) is 11.8 Å². The third-order valence-electron chi connectivity index (χ3n) is 3.99. The van der Waals surface area contributed by atoms with Crippen molar-refractivity contribution in [2.75, 3.05) is 14.2 Å². The molecule has 0 saturated heterocycles. The van der Waals surface area contributed by atoms with E-state index in [1.807, 2.05) is 72.8 Å². The molecule has 0 aliphatic carbocycles. The van der Waals surface area contributed by atoms with Gasteiger partial charge in [0.15, 0.2) is 5.92 Å². The van der Waals surface area contributed by atoms with E-state index in [0.717, 1.165) is 11.1 Å². The maximum atomic E-state index is 12.2. The van der Waals surface area contributed by atoms with Crippen molar-refractivity contribution in [2.45, 2.75) is 6.42 Å². The molecular formula is C21H22O4. The maximum Gasteiger partial charge on any atom is 0.320 e. The Bertz CT molecular complexity index is 691. The normalized spacial score (nSPS) is 12.1. The summed E-state index contributed by atoms with van der Waals surface area (Å²) in [5.41, 5.74) is 2.03. The Morgan fingerprint density at radius 2 is 1.40 bits per heavy atom. The van der Waals surface area contributed by atoms with Crippen LogP contribution in [-0.4, -0.2) is 26.2 Å². The zero-order chi connectivity index (χ0) is 18.1. The topological polar surface area (TPSA) is 52.6 Å². The molecule has 0 aliphatic rings. The lowest BCUT2D eigenvalue weighted by molar-refractivity contribution is -0.160. The van der Waals surface area contributed by atoms with Crippen molar-refractivity contribution in [1.29, 1.82) is 0 Å². The molecule has 1 atom stereocenters. The monoisotopic (exact) mass is 338 g/mol. The van der Waals surface area contributed by atoms with E-state index in [-0.39, 0.29) is 5.92 Å². The molecule has 0 bridgehead atoms. The van der Waals surface area contributed by atoms with Crippen molar-refractivity contribution in [3.8, 4) is 0 Å². The first kappa shape index (κ1) is 18.5. The summed E-state index contributed by atoms with van der Waals surface area (Å²) >= 11 is 0. The Morgan fingerprint density at radius 3 is 1.92 bits per heavy atom. The molecule has 0 fully saturated rings. The Morgan fingerprint density at radius 1 is 0.880 bits per heavy atom. The highest BCUT2D eigenvalue weighted by Gasteiger charge is 2.35. The molecule has 2 rings (SSSR count). The quantitative estimate of drug-likeness (QED) is 0.572. The van der Waals surface area contributed by atoms with Gasteiger partial charge in [-0.3, -0.25) is 9.59 Å². The molecule has 0 radical (unpaired) electrons. The zero-order valence-corrected chi connectivity index (χ0v) is 14.4. The summed E-state index contributed by atoms with van der Waals surface area (Å²) in [7, 11) is 2.55. The van der Waals surface area contributed by atoms with Crippen LogP contribution in [0.2, 0.25) is 0 Å². The first-order chi connectivity index (χ1) is 12.2. The van der Waals surface area contributed by atoms with Crippen molar-refractivity contribution in [1.82, 2.24) is 0 Å². The van der Waals surface area contributed by atoms with E-state index in [2.05, 4.69) is 0 Å². The van der Waals surface area contributed by atoms with Crippen LogP contribution in [0.3, 0.4) is 0 Å². The van der Waals surface area contributed by atoms with Gasteiger partial charge in [-0.15, -0.1) is 0 Å². The molecule has 0 amide bonds. The van der Waals surface area contributed by atoms with Gasteiger partial charge in [-0.2, -0.15) is 0 Å². The van der Waals surface area contributed by atoms with E-state index in [4.69, 9.17) is 9.47 Å². The lowest BCUT2D eigenvalue weighted by Gasteiger charge is -2.21. The Balaban J connectivity index is 2.33. The number of benzene rings is 2. The molecular weight excluding hydrogens is 316 g/mol. The van der Waals surface area contributed by atoms with Gasteiger partial charge in [-0.05, 0) is 17.5 Å². The second kappa shape index (κ2) is 9.42. The Labute approximate surface area is 148 Å². The Kier molecular flexibility index (Phi) is 6.96. The first-order valence-corrected chi connectivity index (χ1v) is 8.08. The first-order valence-electron chi connectivity index (χ1n) is 8.08. The van der Waals surface area contributed by atoms with Crippen LogP contribution in [0.15, 0.2) is 66.7 Å². The number of rotatable bonds is 7.